The lowest BCUT2D eigenvalue weighted by Crippen LogP contribution is -2.39. The summed E-state index contributed by atoms with van der Waals surface area (Å²) in [6.07, 6.45) is 7.41. The number of ether oxygens (including phenoxy) is 1. The monoisotopic (exact) mass is 337 g/mol. The molecule has 0 bridgehead atoms. The Morgan fingerprint density at radius 2 is 2.17 bits per heavy atom. The van der Waals surface area contributed by atoms with Gasteiger partial charge in [0.2, 0.25) is 0 Å². The molecule has 2 N–H and O–H groups in total. The molecule has 1 saturated carbocycles. The molecule has 1 aliphatic rings. The standard InChI is InChI=1S/C18H31N3OS/c1-3-19-17(20-11-6-16-7-13-23-14-16)21-15-18(10-12-22-2)8-4-5-9-18/h7,13-14H,3-6,8-12,15H2,1-2H3,(H2,19,20,21). The maximum Gasteiger partial charge on any atom is 0.191 e. The minimum atomic E-state index is 0.353. The Kier molecular flexibility index (Phi) is 7.89. The molecule has 0 spiro atoms. The van der Waals surface area contributed by atoms with Crippen LogP contribution in [0.5, 0.6) is 0 Å². The van der Waals surface area contributed by atoms with Crippen LogP contribution in [0.15, 0.2) is 21.8 Å². The third-order valence-electron chi connectivity index (χ3n) is 4.70. The van der Waals surface area contributed by atoms with Gasteiger partial charge in [0.1, 0.15) is 0 Å². The third kappa shape index (κ3) is 6.15. The molecule has 0 unspecified atom stereocenters. The summed E-state index contributed by atoms with van der Waals surface area (Å²) in [5.74, 6) is 0.950. The molecule has 0 atom stereocenters. The third-order valence-corrected chi connectivity index (χ3v) is 5.44. The van der Waals surface area contributed by atoms with Crippen molar-refractivity contribution in [1.82, 2.24) is 10.6 Å². The second-order valence-electron chi connectivity index (χ2n) is 6.45. The number of nitrogens with zero attached hydrogens (tertiary/aromatic N) is 1. The average molecular weight is 338 g/mol. The van der Waals surface area contributed by atoms with Gasteiger partial charge in [0, 0.05) is 33.4 Å². The Hall–Kier alpha value is -1.07. The molecular weight excluding hydrogens is 306 g/mol. The highest BCUT2D eigenvalue weighted by atomic mass is 32.1. The Balaban J connectivity index is 1.85. The maximum absolute atomic E-state index is 5.31. The van der Waals surface area contributed by atoms with Crippen molar-refractivity contribution in [2.75, 3.05) is 33.4 Å². The highest BCUT2D eigenvalue weighted by Crippen LogP contribution is 2.41. The molecule has 5 heteroatoms. The second kappa shape index (κ2) is 9.93. The van der Waals surface area contributed by atoms with E-state index < -0.39 is 0 Å². The fourth-order valence-corrected chi connectivity index (χ4v) is 3.98. The molecule has 23 heavy (non-hydrogen) atoms. The predicted molar refractivity (Wildman–Crippen MR) is 99.4 cm³/mol. The van der Waals surface area contributed by atoms with E-state index in [0.717, 1.165) is 45.0 Å². The molecule has 1 aliphatic carbocycles. The lowest BCUT2D eigenvalue weighted by molar-refractivity contribution is 0.141. The van der Waals surface area contributed by atoms with Gasteiger partial charge in [0.15, 0.2) is 5.96 Å². The van der Waals surface area contributed by atoms with Gasteiger partial charge in [-0.1, -0.05) is 12.8 Å². The first-order chi connectivity index (χ1) is 11.3. The minimum absolute atomic E-state index is 0.353. The van der Waals surface area contributed by atoms with E-state index in [9.17, 15) is 0 Å². The van der Waals surface area contributed by atoms with Crippen LogP contribution >= 0.6 is 11.3 Å². The smallest absolute Gasteiger partial charge is 0.191 e. The molecule has 0 saturated heterocycles. The van der Waals surface area contributed by atoms with E-state index in [1.165, 1.54) is 31.2 Å². The van der Waals surface area contributed by atoms with Crippen molar-refractivity contribution in [2.24, 2.45) is 10.4 Å². The number of thiophene rings is 1. The molecule has 0 radical (unpaired) electrons. The van der Waals surface area contributed by atoms with Crippen molar-refractivity contribution >= 4 is 17.3 Å². The van der Waals surface area contributed by atoms with Gasteiger partial charge in [-0.3, -0.25) is 4.99 Å². The van der Waals surface area contributed by atoms with Gasteiger partial charge in [-0.2, -0.15) is 11.3 Å². The van der Waals surface area contributed by atoms with Crippen molar-refractivity contribution in [2.45, 2.75) is 45.4 Å². The van der Waals surface area contributed by atoms with Crippen LogP contribution in [0.3, 0.4) is 0 Å². The molecule has 4 nitrogen and oxygen atoms in total. The van der Waals surface area contributed by atoms with Crippen molar-refractivity contribution < 1.29 is 4.74 Å². The zero-order valence-electron chi connectivity index (χ0n) is 14.6. The summed E-state index contributed by atoms with van der Waals surface area (Å²) < 4.78 is 5.31. The van der Waals surface area contributed by atoms with E-state index in [2.05, 4.69) is 34.4 Å². The SMILES string of the molecule is CCNC(=NCC1(CCOC)CCCC1)NCCc1ccsc1. The number of guanidine groups is 1. The summed E-state index contributed by atoms with van der Waals surface area (Å²) in [6.45, 7) is 5.69. The molecule has 1 aromatic rings. The van der Waals surface area contributed by atoms with E-state index in [0.29, 0.717) is 5.41 Å². The highest BCUT2D eigenvalue weighted by Gasteiger charge is 2.33. The first-order valence-corrected chi connectivity index (χ1v) is 9.74. The van der Waals surface area contributed by atoms with Crippen LogP contribution < -0.4 is 10.6 Å². The van der Waals surface area contributed by atoms with Gasteiger partial charge < -0.3 is 15.4 Å². The van der Waals surface area contributed by atoms with Crippen molar-refractivity contribution in [3.63, 3.8) is 0 Å². The van der Waals surface area contributed by atoms with Crippen LogP contribution in [0.2, 0.25) is 0 Å². The zero-order valence-corrected chi connectivity index (χ0v) is 15.4. The van der Waals surface area contributed by atoms with Gasteiger partial charge in [0.25, 0.3) is 0 Å². The van der Waals surface area contributed by atoms with E-state index in [-0.39, 0.29) is 0 Å². The Labute approximate surface area is 144 Å². The van der Waals surface area contributed by atoms with E-state index >= 15 is 0 Å². The van der Waals surface area contributed by atoms with Crippen LogP contribution in [0.4, 0.5) is 0 Å². The van der Waals surface area contributed by atoms with Gasteiger partial charge in [-0.25, -0.2) is 0 Å². The fourth-order valence-electron chi connectivity index (χ4n) is 3.28. The van der Waals surface area contributed by atoms with Gasteiger partial charge in [0.05, 0.1) is 0 Å². The second-order valence-corrected chi connectivity index (χ2v) is 7.23. The average Bonchev–Trinajstić information content (AvgIpc) is 3.23. The van der Waals surface area contributed by atoms with E-state index in [4.69, 9.17) is 9.73 Å². The topological polar surface area (TPSA) is 45.7 Å². The van der Waals surface area contributed by atoms with Gasteiger partial charge in [-0.05, 0) is 60.4 Å². The van der Waals surface area contributed by atoms with Crippen LogP contribution in [-0.4, -0.2) is 39.3 Å². The molecule has 1 aromatic heterocycles. The summed E-state index contributed by atoms with van der Waals surface area (Å²) in [7, 11) is 1.79. The Morgan fingerprint density at radius 1 is 1.35 bits per heavy atom. The lowest BCUT2D eigenvalue weighted by Gasteiger charge is -2.27. The first-order valence-electron chi connectivity index (χ1n) is 8.80. The maximum atomic E-state index is 5.31. The van der Waals surface area contributed by atoms with Gasteiger partial charge >= 0.3 is 0 Å². The van der Waals surface area contributed by atoms with Crippen LogP contribution in [0, 0.1) is 5.41 Å². The van der Waals surface area contributed by atoms with Crippen molar-refractivity contribution in [1.29, 1.82) is 0 Å². The summed E-state index contributed by atoms with van der Waals surface area (Å²) in [4.78, 5) is 4.88. The Morgan fingerprint density at radius 3 is 2.83 bits per heavy atom. The fraction of sp³-hybridized carbons (Fsp3) is 0.722. The zero-order chi connectivity index (χ0) is 16.4. The lowest BCUT2D eigenvalue weighted by atomic mass is 9.83. The predicted octanol–water partition coefficient (Wildman–Crippen LogP) is 3.44. The number of hydrogen-bond donors (Lipinski definition) is 2. The molecule has 0 amide bonds. The molecule has 2 rings (SSSR count). The van der Waals surface area contributed by atoms with Crippen molar-refractivity contribution in [3.8, 4) is 0 Å². The summed E-state index contributed by atoms with van der Waals surface area (Å²) in [6, 6.07) is 2.19. The normalized spacial score (nSPS) is 17.4. The quantitative estimate of drug-likeness (QED) is 0.536. The van der Waals surface area contributed by atoms with Crippen molar-refractivity contribution in [3.05, 3.63) is 22.4 Å². The van der Waals surface area contributed by atoms with Crippen LogP contribution in [0.1, 0.15) is 44.6 Å². The van der Waals surface area contributed by atoms with E-state index in [1.807, 2.05) is 0 Å². The molecule has 1 fully saturated rings. The van der Waals surface area contributed by atoms with E-state index in [1.54, 1.807) is 18.4 Å². The molecule has 1 heterocycles. The number of methoxy groups -OCH3 is 1. The largest absolute Gasteiger partial charge is 0.385 e. The number of hydrogen-bond acceptors (Lipinski definition) is 3. The minimum Gasteiger partial charge on any atom is -0.385 e. The van der Waals surface area contributed by atoms with Gasteiger partial charge in [-0.15, -0.1) is 0 Å². The number of rotatable bonds is 9. The summed E-state index contributed by atoms with van der Waals surface area (Å²) in [5.41, 5.74) is 1.75. The highest BCUT2D eigenvalue weighted by molar-refractivity contribution is 7.07. The number of nitrogens with one attached hydrogen (secondary N) is 2. The molecule has 0 aliphatic heterocycles. The van der Waals surface area contributed by atoms with Crippen LogP contribution in [-0.2, 0) is 11.2 Å². The molecular formula is C18H31N3OS. The Bertz CT molecular complexity index is 453. The summed E-state index contributed by atoms with van der Waals surface area (Å²) >= 11 is 1.76. The molecule has 0 aromatic carbocycles. The summed E-state index contributed by atoms with van der Waals surface area (Å²) in [5, 5.41) is 11.2. The van der Waals surface area contributed by atoms with Crippen LogP contribution in [0.25, 0.3) is 0 Å². The first kappa shape index (κ1) is 18.3. The number of aliphatic imine (C=N–C) groups is 1. The molecule has 130 valence electrons.